The molecule has 5 heteroatoms. The highest BCUT2D eigenvalue weighted by molar-refractivity contribution is 7.99. The summed E-state index contributed by atoms with van der Waals surface area (Å²) < 4.78 is 5.62. The highest BCUT2D eigenvalue weighted by Crippen LogP contribution is 2.30. The van der Waals surface area contributed by atoms with E-state index in [1.807, 2.05) is 30.3 Å². The van der Waals surface area contributed by atoms with Crippen molar-refractivity contribution < 1.29 is 9.53 Å². The van der Waals surface area contributed by atoms with E-state index in [-0.39, 0.29) is 12.0 Å². The number of carbonyl (C=O) groups is 1. The normalized spacial score (nSPS) is 16.4. The first-order valence-corrected chi connectivity index (χ1v) is 10.6. The molecule has 0 spiro atoms. The van der Waals surface area contributed by atoms with Gasteiger partial charge >= 0.3 is 0 Å². The third-order valence-corrected chi connectivity index (χ3v) is 5.93. The summed E-state index contributed by atoms with van der Waals surface area (Å²) in [5, 5.41) is 4.74. The quantitative estimate of drug-likeness (QED) is 0.651. The lowest BCUT2D eigenvalue weighted by molar-refractivity contribution is 0.0859. The fraction of sp³-hybridized carbons (Fsp3) is 0.304. The van der Waals surface area contributed by atoms with Crippen LogP contribution in [0.3, 0.4) is 0 Å². The van der Waals surface area contributed by atoms with Crippen LogP contribution in [0.2, 0.25) is 0 Å². The fourth-order valence-corrected chi connectivity index (χ4v) is 4.25. The Bertz CT molecular complexity index is 966. The van der Waals surface area contributed by atoms with Crippen LogP contribution in [0.5, 0.6) is 0 Å². The second-order valence-corrected chi connectivity index (χ2v) is 8.06. The van der Waals surface area contributed by atoms with E-state index >= 15 is 0 Å². The Morgan fingerprint density at radius 1 is 1.21 bits per heavy atom. The average Bonchev–Trinajstić information content (AvgIpc) is 3.26. The molecule has 2 heterocycles. The fourth-order valence-electron chi connectivity index (χ4n) is 3.41. The molecule has 0 aliphatic carbocycles. The van der Waals surface area contributed by atoms with Gasteiger partial charge in [0, 0.05) is 23.4 Å². The van der Waals surface area contributed by atoms with Gasteiger partial charge in [0.05, 0.1) is 17.2 Å². The highest BCUT2D eigenvalue weighted by Gasteiger charge is 2.18. The molecule has 1 atom stereocenters. The van der Waals surface area contributed by atoms with Gasteiger partial charge in [-0.15, -0.1) is 0 Å². The number of pyridine rings is 1. The van der Waals surface area contributed by atoms with Crippen LogP contribution in [-0.2, 0) is 11.2 Å². The molecule has 0 saturated carbocycles. The van der Waals surface area contributed by atoms with E-state index in [1.54, 1.807) is 11.8 Å². The smallest absolute Gasteiger partial charge is 0.252 e. The van der Waals surface area contributed by atoms with E-state index in [0.29, 0.717) is 12.1 Å². The Balaban J connectivity index is 1.59. The lowest BCUT2D eigenvalue weighted by Gasteiger charge is -2.13. The molecule has 144 valence electrons. The molecule has 1 saturated heterocycles. The SMILES string of the molecule is CCc1ccc(Sc2cc(C(=O)NC[C@@H]3CCCO3)c3ccccc3n2)cc1. The zero-order chi connectivity index (χ0) is 19.3. The van der Waals surface area contributed by atoms with Gasteiger partial charge in [-0.3, -0.25) is 4.79 Å². The van der Waals surface area contributed by atoms with Gasteiger partial charge in [0.15, 0.2) is 0 Å². The summed E-state index contributed by atoms with van der Waals surface area (Å²) in [5.41, 5.74) is 2.81. The molecule has 1 aliphatic heterocycles. The molecule has 28 heavy (non-hydrogen) atoms. The molecule has 1 aliphatic rings. The summed E-state index contributed by atoms with van der Waals surface area (Å²) in [7, 11) is 0. The predicted octanol–water partition coefficient (Wildman–Crippen LogP) is 4.86. The topological polar surface area (TPSA) is 51.2 Å². The zero-order valence-corrected chi connectivity index (χ0v) is 16.8. The zero-order valence-electron chi connectivity index (χ0n) is 16.0. The lowest BCUT2D eigenvalue weighted by atomic mass is 10.1. The second-order valence-electron chi connectivity index (χ2n) is 6.97. The minimum absolute atomic E-state index is 0.0720. The maximum Gasteiger partial charge on any atom is 0.252 e. The van der Waals surface area contributed by atoms with Crippen molar-refractivity contribution in [3.63, 3.8) is 0 Å². The molecule has 0 bridgehead atoms. The average molecular weight is 393 g/mol. The summed E-state index contributed by atoms with van der Waals surface area (Å²) >= 11 is 1.58. The number of nitrogens with one attached hydrogen (secondary N) is 1. The molecule has 4 nitrogen and oxygen atoms in total. The summed E-state index contributed by atoms with van der Waals surface area (Å²) in [5.74, 6) is -0.0720. The Hall–Kier alpha value is -2.37. The summed E-state index contributed by atoms with van der Waals surface area (Å²) in [6, 6.07) is 18.2. The van der Waals surface area contributed by atoms with Crippen LogP contribution in [0.1, 0.15) is 35.7 Å². The number of carbonyl (C=O) groups excluding carboxylic acids is 1. The van der Waals surface area contributed by atoms with E-state index < -0.39 is 0 Å². The number of hydrogen-bond acceptors (Lipinski definition) is 4. The lowest BCUT2D eigenvalue weighted by Crippen LogP contribution is -2.31. The number of benzene rings is 2. The minimum Gasteiger partial charge on any atom is -0.376 e. The van der Waals surface area contributed by atoms with Crippen molar-refractivity contribution in [3.05, 3.63) is 65.7 Å². The summed E-state index contributed by atoms with van der Waals surface area (Å²) in [4.78, 5) is 18.8. The number of rotatable bonds is 6. The molecule has 1 amide bonds. The predicted molar refractivity (Wildman–Crippen MR) is 113 cm³/mol. The first-order chi connectivity index (χ1) is 13.7. The van der Waals surface area contributed by atoms with Crippen LogP contribution in [0.15, 0.2) is 64.5 Å². The van der Waals surface area contributed by atoms with Gasteiger partial charge in [-0.2, -0.15) is 0 Å². The Kier molecular flexibility index (Phi) is 5.93. The van der Waals surface area contributed by atoms with Gasteiger partial charge in [0.25, 0.3) is 5.91 Å². The molecule has 1 N–H and O–H groups in total. The molecule has 3 aromatic rings. The largest absolute Gasteiger partial charge is 0.376 e. The van der Waals surface area contributed by atoms with Crippen molar-refractivity contribution in [2.24, 2.45) is 0 Å². The van der Waals surface area contributed by atoms with Crippen molar-refractivity contribution in [1.82, 2.24) is 10.3 Å². The maximum atomic E-state index is 12.9. The number of amides is 1. The molecule has 4 rings (SSSR count). The third-order valence-electron chi connectivity index (χ3n) is 5.01. The van der Waals surface area contributed by atoms with Gasteiger partial charge in [0.1, 0.15) is 5.03 Å². The van der Waals surface area contributed by atoms with Gasteiger partial charge in [0.2, 0.25) is 0 Å². The summed E-state index contributed by atoms with van der Waals surface area (Å²) in [6.45, 7) is 3.49. The number of aromatic nitrogens is 1. The molecule has 0 radical (unpaired) electrons. The van der Waals surface area contributed by atoms with Crippen LogP contribution in [0.25, 0.3) is 10.9 Å². The standard InChI is InChI=1S/C23H24N2O2S/c1-2-16-9-11-18(12-10-16)28-22-14-20(19-7-3-4-8-21(19)25-22)23(26)24-15-17-6-5-13-27-17/h3-4,7-12,14,17H,2,5-6,13,15H2,1H3,(H,24,26)/t17-/m0/s1. The summed E-state index contributed by atoms with van der Waals surface area (Å²) in [6.07, 6.45) is 3.22. The molecule has 2 aromatic carbocycles. The van der Waals surface area contributed by atoms with Crippen molar-refractivity contribution >= 4 is 28.6 Å². The van der Waals surface area contributed by atoms with Crippen molar-refractivity contribution in [1.29, 1.82) is 0 Å². The van der Waals surface area contributed by atoms with E-state index in [1.165, 1.54) is 5.56 Å². The van der Waals surface area contributed by atoms with E-state index in [2.05, 4.69) is 36.5 Å². The monoisotopic (exact) mass is 392 g/mol. The van der Waals surface area contributed by atoms with Gasteiger partial charge in [-0.1, -0.05) is 49.0 Å². The Morgan fingerprint density at radius 3 is 2.79 bits per heavy atom. The van der Waals surface area contributed by atoms with Crippen molar-refractivity contribution in [3.8, 4) is 0 Å². The molecule has 1 fully saturated rings. The van der Waals surface area contributed by atoms with E-state index in [4.69, 9.17) is 9.72 Å². The Labute approximate surface area is 169 Å². The highest BCUT2D eigenvalue weighted by atomic mass is 32.2. The van der Waals surface area contributed by atoms with E-state index in [9.17, 15) is 4.79 Å². The number of nitrogens with zero attached hydrogens (tertiary/aromatic N) is 1. The first kappa shape index (κ1) is 19.0. The minimum atomic E-state index is -0.0720. The molecule has 1 aromatic heterocycles. The van der Waals surface area contributed by atoms with Crippen LogP contribution in [0, 0.1) is 0 Å². The van der Waals surface area contributed by atoms with Crippen molar-refractivity contribution in [2.45, 2.75) is 42.2 Å². The molecule has 0 unspecified atom stereocenters. The maximum absolute atomic E-state index is 12.9. The third kappa shape index (κ3) is 4.37. The van der Waals surface area contributed by atoms with Crippen LogP contribution >= 0.6 is 11.8 Å². The Morgan fingerprint density at radius 2 is 2.04 bits per heavy atom. The number of aryl methyl sites for hydroxylation is 1. The van der Waals surface area contributed by atoms with Gasteiger partial charge in [-0.25, -0.2) is 4.98 Å². The number of para-hydroxylation sites is 1. The van der Waals surface area contributed by atoms with Crippen LogP contribution in [0.4, 0.5) is 0 Å². The van der Waals surface area contributed by atoms with E-state index in [0.717, 1.165) is 46.7 Å². The number of hydrogen-bond donors (Lipinski definition) is 1. The van der Waals surface area contributed by atoms with Crippen LogP contribution in [-0.4, -0.2) is 30.1 Å². The van der Waals surface area contributed by atoms with Crippen molar-refractivity contribution in [2.75, 3.05) is 13.2 Å². The van der Waals surface area contributed by atoms with Crippen LogP contribution < -0.4 is 5.32 Å². The number of ether oxygens (including phenoxy) is 1. The molecular formula is C23H24N2O2S. The first-order valence-electron chi connectivity index (χ1n) is 9.79. The van der Waals surface area contributed by atoms with Gasteiger partial charge in [-0.05, 0) is 49.1 Å². The molecular weight excluding hydrogens is 368 g/mol. The number of fused-ring (bicyclic) bond motifs is 1. The van der Waals surface area contributed by atoms with Gasteiger partial charge < -0.3 is 10.1 Å². The second kappa shape index (κ2) is 8.76.